The lowest BCUT2D eigenvalue weighted by atomic mass is 10.2. The van der Waals surface area contributed by atoms with E-state index in [1.807, 2.05) is 0 Å². The number of rotatable bonds is 10. The average Bonchev–Trinajstić information content (AvgIpc) is 2.82. The summed E-state index contributed by atoms with van der Waals surface area (Å²) in [5, 5.41) is 2.98. The summed E-state index contributed by atoms with van der Waals surface area (Å²) in [5.41, 5.74) is 0.490. The van der Waals surface area contributed by atoms with Gasteiger partial charge in [-0.3, -0.25) is 14.2 Å². The van der Waals surface area contributed by atoms with Crippen molar-refractivity contribution in [3.63, 3.8) is 0 Å². The highest BCUT2D eigenvalue weighted by Gasteiger charge is 2.29. The maximum Gasteiger partial charge on any atom is 0.422 e. The summed E-state index contributed by atoms with van der Waals surface area (Å²) in [4.78, 5) is 33.0. The van der Waals surface area contributed by atoms with Crippen LogP contribution in [0.2, 0.25) is 0 Å². The third-order valence-corrected chi connectivity index (χ3v) is 4.83. The van der Waals surface area contributed by atoms with Crippen LogP contribution < -0.4 is 25.1 Å². The monoisotopic (exact) mass is 480 g/mol. The molecule has 0 aliphatic carbocycles. The van der Waals surface area contributed by atoms with Crippen molar-refractivity contribution in [2.45, 2.75) is 32.1 Å². The van der Waals surface area contributed by atoms with E-state index in [4.69, 9.17) is 14.2 Å². The second kappa shape index (κ2) is 10.9. The van der Waals surface area contributed by atoms with Crippen molar-refractivity contribution in [1.29, 1.82) is 0 Å². The van der Waals surface area contributed by atoms with Gasteiger partial charge in [0, 0.05) is 37.3 Å². The fourth-order valence-corrected chi connectivity index (χ4v) is 3.18. The van der Waals surface area contributed by atoms with Gasteiger partial charge in [0.05, 0.1) is 31.4 Å². The van der Waals surface area contributed by atoms with Crippen LogP contribution in [0.4, 0.5) is 13.2 Å². The molecule has 0 aliphatic heterocycles. The summed E-state index contributed by atoms with van der Waals surface area (Å²) >= 11 is 0. The number of nitrogens with one attached hydrogen (secondary N) is 1. The van der Waals surface area contributed by atoms with Gasteiger partial charge in [0.2, 0.25) is 11.8 Å². The lowest BCUT2D eigenvalue weighted by Crippen LogP contribution is -2.25. The number of pyridine rings is 1. The van der Waals surface area contributed by atoms with E-state index in [0.29, 0.717) is 34.4 Å². The number of hydrogen-bond donors (Lipinski definition) is 1. The minimum absolute atomic E-state index is 0.0427. The Morgan fingerprint density at radius 3 is 2.59 bits per heavy atom. The molecular weight excluding hydrogens is 457 g/mol. The fourth-order valence-electron chi connectivity index (χ4n) is 3.18. The molecule has 3 aromatic rings. The number of alkyl halides is 3. The number of methoxy groups -OCH3 is 2. The average molecular weight is 480 g/mol. The lowest BCUT2D eigenvalue weighted by Gasteiger charge is -2.12. The molecule has 0 unspecified atom stereocenters. The van der Waals surface area contributed by atoms with Gasteiger partial charge in [0.1, 0.15) is 0 Å². The SMILES string of the molecule is COc1cc2ncn(CCCC(=O)NCc3cccnc3OCC(F)(F)F)c(=O)c2cc1OC. The highest BCUT2D eigenvalue weighted by molar-refractivity contribution is 5.81. The molecule has 3 rings (SSSR count). The first kappa shape index (κ1) is 24.8. The van der Waals surface area contributed by atoms with Crippen molar-refractivity contribution in [2.24, 2.45) is 0 Å². The Kier molecular flexibility index (Phi) is 7.92. The van der Waals surface area contributed by atoms with E-state index in [1.165, 1.54) is 43.4 Å². The predicted molar refractivity (Wildman–Crippen MR) is 116 cm³/mol. The molecule has 12 heteroatoms. The van der Waals surface area contributed by atoms with E-state index in [9.17, 15) is 22.8 Å². The second-order valence-corrected chi connectivity index (χ2v) is 7.22. The molecule has 0 radical (unpaired) electrons. The number of aryl methyl sites for hydroxylation is 1. The van der Waals surface area contributed by atoms with Crippen LogP contribution >= 0.6 is 0 Å². The normalized spacial score (nSPS) is 11.3. The molecular formula is C22H23F3N4O5. The van der Waals surface area contributed by atoms with Crippen molar-refractivity contribution in [3.05, 3.63) is 52.7 Å². The zero-order chi connectivity index (χ0) is 24.7. The molecule has 0 aliphatic rings. The van der Waals surface area contributed by atoms with E-state index in [2.05, 4.69) is 15.3 Å². The second-order valence-electron chi connectivity index (χ2n) is 7.22. The first-order valence-corrected chi connectivity index (χ1v) is 10.2. The van der Waals surface area contributed by atoms with Crippen molar-refractivity contribution in [2.75, 3.05) is 20.8 Å². The van der Waals surface area contributed by atoms with Crippen molar-refractivity contribution < 1.29 is 32.2 Å². The summed E-state index contributed by atoms with van der Waals surface area (Å²) in [6, 6.07) is 6.21. The number of nitrogens with zero attached hydrogens (tertiary/aromatic N) is 3. The van der Waals surface area contributed by atoms with Gasteiger partial charge in [-0.2, -0.15) is 13.2 Å². The predicted octanol–water partition coefficient (Wildman–Crippen LogP) is 2.85. The first-order valence-electron chi connectivity index (χ1n) is 10.2. The zero-order valence-corrected chi connectivity index (χ0v) is 18.5. The maximum absolute atomic E-state index is 12.8. The Hall–Kier alpha value is -3.83. The van der Waals surface area contributed by atoms with Crippen LogP contribution in [0, 0.1) is 0 Å². The molecule has 0 saturated carbocycles. The Morgan fingerprint density at radius 2 is 1.88 bits per heavy atom. The number of benzene rings is 1. The Bertz CT molecular complexity index is 1210. The summed E-state index contributed by atoms with van der Waals surface area (Å²) in [6.45, 7) is -1.27. The summed E-state index contributed by atoms with van der Waals surface area (Å²) in [6.07, 6.45) is -1.36. The van der Waals surface area contributed by atoms with E-state index >= 15 is 0 Å². The smallest absolute Gasteiger partial charge is 0.422 e. The van der Waals surface area contributed by atoms with Crippen molar-refractivity contribution in [3.8, 4) is 17.4 Å². The largest absolute Gasteiger partial charge is 0.493 e. The summed E-state index contributed by atoms with van der Waals surface area (Å²) in [5.74, 6) is 0.330. The number of carbonyl (C=O) groups is 1. The van der Waals surface area contributed by atoms with Gasteiger partial charge in [-0.05, 0) is 18.6 Å². The molecule has 182 valence electrons. The van der Waals surface area contributed by atoms with E-state index < -0.39 is 12.8 Å². The van der Waals surface area contributed by atoms with Crippen LogP contribution in [-0.4, -0.2) is 47.4 Å². The number of aromatic nitrogens is 3. The Balaban J connectivity index is 1.57. The van der Waals surface area contributed by atoms with Crippen LogP contribution in [0.5, 0.6) is 17.4 Å². The van der Waals surface area contributed by atoms with Gasteiger partial charge >= 0.3 is 6.18 Å². The van der Waals surface area contributed by atoms with E-state index in [1.54, 1.807) is 12.1 Å². The molecule has 2 aromatic heterocycles. The van der Waals surface area contributed by atoms with Crippen LogP contribution in [0.25, 0.3) is 10.9 Å². The number of amides is 1. The van der Waals surface area contributed by atoms with E-state index in [-0.39, 0.29) is 36.9 Å². The number of hydrogen-bond acceptors (Lipinski definition) is 7. The van der Waals surface area contributed by atoms with Gasteiger partial charge in [0.15, 0.2) is 18.1 Å². The summed E-state index contributed by atoms with van der Waals surface area (Å²) in [7, 11) is 2.95. The topological polar surface area (TPSA) is 105 Å². The van der Waals surface area contributed by atoms with E-state index in [0.717, 1.165) is 0 Å². The molecule has 0 atom stereocenters. The molecule has 0 bridgehead atoms. The van der Waals surface area contributed by atoms with Gasteiger partial charge < -0.3 is 19.5 Å². The highest BCUT2D eigenvalue weighted by atomic mass is 19.4. The minimum atomic E-state index is -4.50. The Morgan fingerprint density at radius 1 is 1.15 bits per heavy atom. The first-order chi connectivity index (χ1) is 16.2. The molecule has 1 aromatic carbocycles. The number of ether oxygens (including phenoxy) is 3. The third kappa shape index (κ3) is 6.36. The zero-order valence-electron chi connectivity index (χ0n) is 18.5. The molecule has 2 heterocycles. The van der Waals surface area contributed by atoms with Gasteiger partial charge in [0.25, 0.3) is 5.56 Å². The maximum atomic E-state index is 12.8. The molecule has 0 spiro atoms. The number of fused-ring (bicyclic) bond motifs is 1. The van der Waals surface area contributed by atoms with Gasteiger partial charge in [-0.1, -0.05) is 6.07 Å². The molecule has 34 heavy (non-hydrogen) atoms. The summed E-state index contributed by atoms with van der Waals surface area (Å²) < 4.78 is 53.7. The third-order valence-electron chi connectivity index (χ3n) is 4.83. The highest BCUT2D eigenvalue weighted by Crippen LogP contribution is 2.29. The minimum Gasteiger partial charge on any atom is -0.493 e. The molecule has 0 fully saturated rings. The van der Waals surface area contributed by atoms with Crippen molar-refractivity contribution >= 4 is 16.8 Å². The number of halogens is 3. The lowest BCUT2D eigenvalue weighted by molar-refractivity contribution is -0.154. The fraction of sp³-hybridized carbons (Fsp3) is 0.364. The number of carbonyl (C=O) groups excluding carboxylic acids is 1. The molecule has 1 N–H and O–H groups in total. The van der Waals surface area contributed by atoms with Crippen LogP contribution in [0.15, 0.2) is 41.6 Å². The van der Waals surface area contributed by atoms with Crippen LogP contribution in [0.3, 0.4) is 0 Å². The molecule has 0 saturated heterocycles. The Labute approximate surface area is 192 Å². The van der Waals surface area contributed by atoms with Crippen molar-refractivity contribution in [1.82, 2.24) is 19.9 Å². The molecule has 9 nitrogen and oxygen atoms in total. The standard InChI is InChI=1S/C22H23F3N4O5/c1-32-17-9-15-16(10-18(17)33-2)28-13-29(21(15)31)8-4-6-19(30)27-11-14-5-3-7-26-20(14)34-12-22(23,24)25/h3,5,7,9-10,13H,4,6,8,11-12H2,1-2H3,(H,27,30). The van der Waals surface area contributed by atoms with Gasteiger partial charge in [-0.15, -0.1) is 0 Å². The van der Waals surface area contributed by atoms with Crippen LogP contribution in [0.1, 0.15) is 18.4 Å². The van der Waals surface area contributed by atoms with Gasteiger partial charge in [-0.25, -0.2) is 9.97 Å². The molecule has 1 amide bonds. The quantitative estimate of drug-likeness (QED) is 0.476. The van der Waals surface area contributed by atoms with Crippen LogP contribution in [-0.2, 0) is 17.9 Å².